The molecule has 1 atom stereocenters. The van der Waals surface area contributed by atoms with Crippen LogP contribution in [0.25, 0.3) is 0 Å². The van der Waals surface area contributed by atoms with E-state index >= 15 is 0 Å². The molecule has 0 N–H and O–H groups in total. The third kappa shape index (κ3) is 53.2. The molecule has 67 heavy (non-hydrogen) atoms. The molecule has 0 saturated carbocycles. The van der Waals surface area contributed by atoms with Crippen molar-refractivity contribution in [2.24, 2.45) is 0 Å². The van der Waals surface area contributed by atoms with E-state index in [-0.39, 0.29) is 31.1 Å². The lowest BCUT2D eigenvalue weighted by Gasteiger charge is -2.18. The van der Waals surface area contributed by atoms with Crippen LogP contribution in [-0.4, -0.2) is 37.2 Å². The van der Waals surface area contributed by atoms with Crippen LogP contribution < -0.4 is 0 Å². The fraction of sp³-hybridized carbons (Fsp3) is 0.689. The summed E-state index contributed by atoms with van der Waals surface area (Å²) in [5.74, 6) is -0.970. The number of allylic oxidation sites excluding steroid dienone is 16. The third-order valence-corrected chi connectivity index (χ3v) is 11.6. The Morgan fingerprint density at radius 2 is 0.642 bits per heavy atom. The predicted octanol–water partition coefficient (Wildman–Crippen LogP) is 18.5. The van der Waals surface area contributed by atoms with Gasteiger partial charge in [0.1, 0.15) is 13.2 Å². The van der Waals surface area contributed by atoms with E-state index in [2.05, 4.69) is 118 Å². The first-order valence-electron chi connectivity index (χ1n) is 27.8. The van der Waals surface area contributed by atoms with Gasteiger partial charge in [0.2, 0.25) is 0 Å². The van der Waals surface area contributed by atoms with Crippen molar-refractivity contribution in [3.8, 4) is 0 Å². The first-order valence-corrected chi connectivity index (χ1v) is 27.8. The van der Waals surface area contributed by atoms with Gasteiger partial charge in [-0.25, -0.2) is 0 Å². The SMILES string of the molecule is CC/C=C\C/C=C\C/C=C\CCCCC(=O)OCC(COC(=O)CCCCCCCCC/C=C\CCCCCCCCCC)OC(=O)CCCCCCC\C=C/C=C\C=C/C=C\CCCCC. The zero-order valence-corrected chi connectivity index (χ0v) is 43.6. The van der Waals surface area contributed by atoms with Gasteiger partial charge in [0, 0.05) is 19.3 Å². The first kappa shape index (κ1) is 63.3. The van der Waals surface area contributed by atoms with Crippen molar-refractivity contribution >= 4 is 17.9 Å². The standard InChI is InChI=1S/C61H102O6/c1-4-7-10-13-16-19-22-25-27-29-31-33-34-36-39-42-45-48-51-54-60(63)66-57-58(56-65-59(62)53-50-47-44-41-38-24-21-18-15-12-9-6-3)67-61(64)55-52-49-46-43-40-37-35-32-30-28-26-23-20-17-14-11-8-5-2/h9,12,17-18,20-21,23,26,28-32,35,38,41,58H,4-8,10-11,13-16,19,22,24-25,27,33-34,36-37,39-40,42-57H2,1-3H3/b12-9-,20-17-,21-18-,26-23-,30-28-,31-29-,35-32-,41-38-. The summed E-state index contributed by atoms with van der Waals surface area (Å²) in [7, 11) is 0. The van der Waals surface area contributed by atoms with Gasteiger partial charge in [-0.1, -0.05) is 227 Å². The van der Waals surface area contributed by atoms with Crippen molar-refractivity contribution < 1.29 is 28.6 Å². The number of hydrogen-bond donors (Lipinski definition) is 0. The minimum Gasteiger partial charge on any atom is -0.462 e. The molecule has 0 heterocycles. The molecule has 1 unspecified atom stereocenters. The monoisotopic (exact) mass is 931 g/mol. The molecule has 0 saturated heterocycles. The van der Waals surface area contributed by atoms with Crippen molar-refractivity contribution in [2.45, 2.75) is 258 Å². The van der Waals surface area contributed by atoms with E-state index < -0.39 is 6.10 Å². The second kappa shape index (κ2) is 54.9. The fourth-order valence-electron chi connectivity index (χ4n) is 7.46. The lowest BCUT2D eigenvalue weighted by Crippen LogP contribution is -2.30. The van der Waals surface area contributed by atoms with Gasteiger partial charge in [0.15, 0.2) is 6.10 Å². The van der Waals surface area contributed by atoms with E-state index in [9.17, 15) is 14.4 Å². The minimum atomic E-state index is -0.808. The largest absolute Gasteiger partial charge is 0.462 e. The number of carbonyl (C=O) groups excluding carboxylic acids is 3. The number of rotatable bonds is 49. The molecule has 0 aromatic heterocycles. The quantitative estimate of drug-likeness (QED) is 0.0199. The third-order valence-electron chi connectivity index (χ3n) is 11.6. The van der Waals surface area contributed by atoms with Crippen molar-refractivity contribution in [2.75, 3.05) is 13.2 Å². The molecule has 0 aliphatic carbocycles. The van der Waals surface area contributed by atoms with E-state index in [4.69, 9.17) is 14.2 Å². The molecule has 0 bridgehead atoms. The lowest BCUT2D eigenvalue weighted by atomic mass is 10.1. The Morgan fingerprint density at radius 3 is 1.12 bits per heavy atom. The zero-order valence-electron chi connectivity index (χ0n) is 43.6. The van der Waals surface area contributed by atoms with Gasteiger partial charge in [-0.15, -0.1) is 0 Å². The molecule has 0 radical (unpaired) electrons. The molecule has 0 aliphatic heterocycles. The van der Waals surface area contributed by atoms with Gasteiger partial charge in [-0.05, 0) is 103 Å². The smallest absolute Gasteiger partial charge is 0.306 e. The summed E-state index contributed by atoms with van der Waals surface area (Å²) in [4.78, 5) is 38.1. The lowest BCUT2D eigenvalue weighted by molar-refractivity contribution is -0.167. The minimum absolute atomic E-state index is 0.102. The van der Waals surface area contributed by atoms with Crippen molar-refractivity contribution in [1.82, 2.24) is 0 Å². The van der Waals surface area contributed by atoms with E-state index in [0.717, 1.165) is 103 Å². The molecule has 0 spiro atoms. The summed E-state index contributed by atoms with van der Waals surface area (Å²) < 4.78 is 16.8. The number of carbonyl (C=O) groups is 3. The Labute approximate surface area is 413 Å². The van der Waals surface area contributed by atoms with Crippen LogP contribution in [0.3, 0.4) is 0 Å². The summed E-state index contributed by atoms with van der Waals surface area (Å²) in [5, 5.41) is 0. The van der Waals surface area contributed by atoms with Crippen LogP contribution in [0.1, 0.15) is 252 Å². The molecule has 0 aromatic carbocycles. The zero-order chi connectivity index (χ0) is 48.6. The molecule has 0 rings (SSSR count). The molecular formula is C61H102O6. The van der Waals surface area contributed by atoms with Crippen molar-refractivity contribution in [3.63, 3.8) is 0 Å². The maximum absolute atomic E-state index is 12.8. The number of ether oxygens (including phenoxy) is 3. The highest BCUT2D eigenvalue weighted by Crippen LogP contribution is 2.14. The average molecular weight is 931 g/mol. The summed E-state index contributed by atoms with van der Waals surface area (Å²) in [5.41, 5.74) is 0. The van der Waals surface area contributed by atoms with Crippen molar-refractivity contribution in [3.05, 3.63) is 97.2 Å². The van der Waals surface area contributed by atoms with Crippen LogP contribution in [0.5, 0.6) is 0 Å². The Hall–Kier alpha value is -3.67. The fourth-order valence-corrected chi connectivity index (χ4v) is 7.46. The van der Waals surface area contributed by atoms with Gasteiger partial charge in [0.05, 0.1) is 0 Å². The molecule has 6 heteroatoms. The van der Waals surface area contributed by atoms with E-state index in [1.54, 1.807) is 0 Å². The summed E-state index contributed by atoms with van der Waals surface area (Å²) >= 11 is 0. The Kier molecular flexibility index (Phi) is 51.9. The number of hydrogen-bond acceptors (Lipinski definition) is 6. The Bertz CT molecular complexity index is 1350. The van der Waals surface area contributed by atoms with Crippen LogP contribution in [0, 0.1) is 0 Å². The summed E-state index contributed by atoms with van der Waals surface area (Å²) in [6, 6.07) is 0. The highest BCUT2D eigenvalue weighted by molar-refractivity contribution is 5.71. The molecular weight excluding hydrogens is 829 g/mol. The topological polar surface area (TPSA) is 78.9 Å². The number of unbranched alkanes of at least 4 members (excludes halogenated alkanes) is 25. The highest BCUT2D eigenvalue weighted by Gasteiger charge is 2.19. The van der Waals surface area contributed by atoms with Gasteiger partial charge in [0.25, 0.3) is 0 Å². The maximum atomic E-state index is 12.8. The van der Waals surface area contributed by atoms with Crippen LogP contribution >= 0.6 is 0 Å². The van der Waals surface area contributed by atoms with Crippen LogP contribution in [-0.2, 0) is 28.6 Å². The van der Waals surface area contributed by atoms with Gasteiger partial charge in [-0.2, -0.15) is 0 Å². The molecule has 0 aliphatic rings. The van der Waals surface area contributed by atoms with E-state index in [1.807, 2.05) is 0 Å². The molecule has 0 aromatic rings. The molecule has 6 nitrogen and oxygen atoms in total. The van der Waals surface area contributed by atoms with Crippen LogP contribution in [0.15, 0.2) is 97.2 Å². The maximum Gasteiger partial charge on any atom is 0.306 e. The Balaban J connectivity index is 4.45. The van der Waals surface area contributed by atoms with E-state index in [0.29, 0.717) is 19.3 Å². The van der Waals surface area contributed by atoms with Gasteiger partial charge < -0.3 is 14.2 Å². The van der Waals surface area contributed by atoms with Crippen LogP contribution in [0.4, 0.5) is 0 Å². The Morgan fingerprint density at radius 1 is 0.328 bits per heavy atom. The number of esters is 3. The van der Waals surface area contributed by atoms with Gasteiger partial charge in [-0.3, -0.25) is 14.4 Å². The predicted molar refractivity (Wildman–Crippen MR) is 288 cm³/mol. The molecule has 0 amide bonds. The van der Waals surface area contributed by atoms with Gasteiger partial charge >= 0.3 is 17.9 Å². The van der Waals surface area contributed by atoms with E-state index in [1.165, 1.54) is 109 Å². The molecule has 382 valence electrons. The summed E-state index contributed by atoms with van der Waals surface area (Å²) in [6.07, 6.45) is 72.5. The van der Waals surface area contributed by atoms with Crippen molar-refractivity contribution in [1.29, 1.82) is 0 Å². The second-order valence-corrected chi connectivity index (χ2v) is 18.2. The average Bonchev–Trinajstić information content (AvgIpc) is 3.33. The normalized spacial score (nSPS) is 12.8. The highest BCUT2D eigenvalue weighted by atomic mass is 16.6. The second-order valence-electron chi connectivity index (χ2n) is 18.2. The summed E-state index contributed by atoms with van der Waals surface area (Å²) in [6.45, 7) is 6.43. The molecule has 0 fully saturated rings. The van der Waals surface area contributed by atoms with Crippen LogP contribution in [0.2, 0.25) is 0 Å². The first-order chi connectivity index (χ1) is 33.0.